The molecule has 0 radical (unpaired) electrons. The Kier molecular flexibility index (Phi) is 22.1. The number of ether oxygens (including phenoxy) is 2. The lowest BCUT2D eigenvalue weighted by atomic mass is 9.98. The number of aryl methyl sites for hydroxylation is 2. The topological polar surface area (TPSA) is 273 Å². The molecule has 4 saturated heterocycles. The summed E-state index contributed by atoms with van der Waals surface area (Å²) >= 11 is 18.5. The molecular formula is C61H82Cl3N13O10S2. The first-order valence-electron chi connectivity index (χ1n) is 30.0. The van der Waals surface area contributed by atoms with Crippen molar-refractivity contribution in [1.82, 2.24) is 49.6 Å². The predicted octanol–water partition coefficient (Wildman–Crippen LogP) is 10.9. The largest absolute Gasteiger partial charge is 0.460 e. The van der Waals surface area contributed by atoms with Gasteiger partial charge in [0.1, 0.15) is 22.2 Å². The number of amides is 3. The average molecular weight is 1330 g/mol. The molecule has 2 aromatic carbocycles. The zero-order valence-electron chi connectivity index (χ0n) is 52.2. The van der Waals surface area contributed by atoms with E-state index in [1.54, 1.807) is 37.2 Å². The second-order valence-electron chi connectivity index (χ2n) is 25.1. The Hall–Kier alpha value is -6.51. The normalized spacial score (nSPS) is 19.0. The molecule has 0 aliphatic carbocycles. The monoisotopic (exact) mass is 1330 g/mol. The van der Waals surface area contributed by atoms with Crippen molar-refractivity contribution in [3.05, 3.63) is 110 Å². The van der Waals surface area contributed by atoms with Crippen LogP contribution in [0.1, 0.15) is 174 Å². The van der Waals surface area contributed by atoms with Gasteiger partial charge in [0.2, 0.25) is 20.0 Å². The molecule has 10 rings (SSSR count). The van der Waals surface area contributed by atoms with Crippen LogP contribution in [0.15, 0.2) is 60.9 Å². The number of alkyl carbamates (subject to hydrolysis) is 1. The first kappa shape index (κ1) is 68.4. The highest BCUT2D eigenvalue weighted by atomic mass is 35.5. The molecule has 4 aromatic heterocycles. The molecule has 4 N–H and O–H groups in total. The molecule has 23 nitrogen and oxygen atoms in total. The van der Waals surface area contributed by atoms with Crippen LogP contribution < -0.4 is 25.0 Å². The van der Waals surface area contributed by atoms with Crippen molar-refractivity contribution in [2.24, 2.45) is 0 Å². The molecule has 4 atom stereocenters. The number of rotatable bonds is 14. The first-order valence-corrected chi connectivity index (χ1v) is 34.9. The van der Waals surface area contributed by atoms with Crippen molar-refractivity contribution in [3.63, 3.8) is 0 Å². The van der Waals surface area contributed by atoms with E-state index < -0.39 is 31.2 Å². The van der Waals surface area contributed by atoms with E-state index in [9.17, 15) is 36.0 Å². The van der Waals surface area contributed by atoms with Crippen molar-refractivity contribution in [2.45, 2.75) is 168 Å². The van der Waals surface area contributed by atoms with Crippen molar-refractivity contribution in [1.29, 1.82) is 0 Å². The van der Waals surface area contributed by atoms with Crippen LogP contribution in [0.3, 0.4) is 0 Å². The van der Waals surface area contributed by atoms with Gasteiger partial charge in [0, 0.05) is 90.4 Å². The van der Waals surface area contributed by atoms with E-state index in [0.29, 0.717) is 70.7 Å². The number of nitrogens with one attached hydrogen (secondary N) is 4. The number of piperidine rings is 2. The van der Waals surface area contributed by atoms with Crippen LogP contribution >= 0.6 is 34.8 Å². The molecule has 6 aromatic rings. The number of likely N-dealkylation sites (tertiary alicyclic amines) is 2. The number of esters is 1. The van der Waals surface area contributed by atoms with Crippen molar-refractivity contribution >= 4 is 107 Å². The molecular weight excluding hydrogens is 1250 g/mol. The minimum absolute atomic E-state index is 0.187. The van der Waals surface area contributed by atoms with Crippen LogP contribution in [0.5, 0.6) is 0 Å². The van der Waals surface area contributed by atoms with Gasteiger partial charge in [-0.1, -0.05) is 34.8 Å². The smallest absolute Gasteiger partial charge is 0.407 e. The standard InChI is InChI=1S/C31H41ClN6O5S.C20H21Cl2N5O3S.C10H20N2O2/c1-20-19-38-27(33-29(20)36-16-8-9-22(36)12-14-28(39)43-31(2,3)4)18-25(34-38)26-10-6-7-15-37(26)30(40)23-17-21(32)11-13-24(23)35-44(5,41)42;1-12-11-27-18(23-19(12)22)10-16(24-27)17-5-3-4-8-26(17)20(28)14-9-13(21)6-7-15(14)25-31(2,29)30;1-10(2,3)14-9(13)12-7-8-5-4-6-11-8/h11,13,17-19,22,26,35H,6-10,12,14-16H2,1-5H3;6-7,9-11,17,25H,3-5,8H2,1-2H3;8,11H,4-7H2,1-3H3,(H,12,13)/t22-,26-;17-;8-/m000/s1. The summed E-state index contributed by atoms with van der Waals surface area (Å²) in [4.78, 5) is 66.2. The Balaban J connectivity index is 0.000000196. The van der Waals surface area contributed by atoms with E-state index in [2.05, 4.69) is 35.1 Å². The summed E-state index contributed by atoms with van der Waals surface area (Å²) < 4.78 is 66.5. The fourth-order valence-corrected chi connectivity index (χ4v) is 13.1. The molecule has 28 heteroatoms. The van der Waals surface area contributed by atoms with Gasteiger partial charge in [0.05, 0.1) is 58.5 Å². The summed E-state index contributed by atoms with van der Waals surface area (Å²) in [6.07, 6.45) is 15.9. The Morgan fingerprint density at radius 1 is 0.640 bits per heavy atom. The molecule has 89 heavy (non-hydrogen) atoms. The number of nitrogens with zero attached hydrogens (tertiary/aromatic N) is 9. The van der Waals surface area contributed by atoms with Gasteiger partial charge >= 0.3 is 12.1 Å². The number of hydrogen-bond acceptors (Lipinski definition) is 16. The predicted molar refractivity (Wildman–Crippen MR) is 346 cm³/mol. The number of carbonyl (C=O) groups excluding carboxylic acids is 4. The number of benzene rings is 2. The van der Waals surface area contributed by atoms with E-state index in [1.807, 2.05) is 73.7 Å². The van der Waals surface area contributed by atoms with Gasteiger partial charge in [-0.2, -0.15) is 10.2 Å². The second-order valence-corrected chi connectivity index (χ2v) is 29.9. The fourth-order valence-electron chi connectivity index (χ4n) is 11.4. The van der Waals surface area contributed by atoms with E-state index in [1.165, 1.54) is 30.7 Å². The molecule has 8 heterocycles. The molecule has 0 saturated carbocycles. The highest BCUT2D eigenvalue weighted by Crippen LogP contribution is 2.37. The van der Waals surface area contributed by atoms with Gasteiger partial charge in [0.15, 0.2) is 11.3 Å². The Morgan fingerprint density at radius 2 is 1.16 bits per heavy atom. The maximum Gasteiger partial charge on any atom is 0.407 e. The van der Waals surface area contributed by atoms with E-state index in [4.69, 9.17) is 54.4 Å². The molecule has 4 aliphatic heterocycles. The summed E-state index contributed by atoms with van der Waals surface area (Å²) in [5.74, 6) is 0.0730. The second kappa shape index (κ2) is 28.8. The third-order valence-corrected chi connectivity index (χ3v) is 17.3. The Morgan fingerprint density at radius 3 is 1.65 bits per heavy atom. The van der Waals surface area contributed by atoms with Crippen molar-refractivity contribution in [3.8, 4) is 0 Å². The lowest BCUT2D eigenvalue weighted by Crippen LogP contribution is -2.39. The SMILES string of the molecule is CC(C)(C)OC(=O)NC[C@@H]1CCCN1.Cc1cn2nc([C@@H]3CCCCN3C(=O)c3cc(Cl)ccc3NS(C)(=O)=O)cc2nc1Cl.Cc1cn2nc([C@@H]3CCCCN3C(=O)c3cc(Cl)ccc3NS(C)(=O)=O)cc2nc1N1CCC[C@H]1CCC(=O)OC(C)(C)C. The van der Waals surface area contributed by atoms with Gasteiger partial charge in [-0.15, -0.1) is 0 Å². The lowest BCUT2D eigenvalue weighted by molar-refractivity contribution is -0.155. The maximum absolute atomic E-state index is 13.9. The number of halogens is 3. The fraction of sp³-hybridized carbons (Fsp3) is 0.541. The van der Waals surface area contributed by atoms with Crippen LogP contribution in [0.2, 0.25) is 15.2 Å². The number of sulfonamides is 2. The molecule has 0 unspecified atom stereocenters. The van der Waals surface area contributed by atoms with E-state index in [0.717, 1.165) is 106 Å². The lowest BCUT2D eigenvalue weighted by Gasteiger charge is -2.35. The third kappa shape index (κ3) is 19.0. The van der Waals surface area contributed by atoms with Crippen molar-refractivity contribution < 1.29 is 45.5 Å². The minimum atomic E-state index is -3.61. The van der Waals surface area contributed by atoms with Gasteiger partial charge in [0.25, 0.3) is 11.8 Å². The summed E-state index contributed by atoms with van der Waals surface area (Å²) in [6, 6.07) is 12.9. The van der Waals surface area contributed by atoms with Crippen molar-refractivity contribution in [2.75, 3.05) is 59.6 Å². The number of aromatic nitrogens is 6. The summed E-state index contributed by atoms with van der Waals surface area (Å²) in [5, 5.41) is 16.6. The molecule has 4 aliphatic rings. The molecule has 3 amide bonds. The number of hydrogen-bond donors (Lipinski definition) is 4. The number of anilines is 3. The van der Waals surface area contributed by atoms with Gasteiger partial charge < -0.3 is 34.8 Å². The zero-order chi connectivity index (χ0) is 64.8. The van der Waals surface area contributed by atoms with Crippen LogP contribution in [-0.2, 0) is 34.3 Å². The highest BCUT2D eigenvalue weighted by Gasteiger charge is 2.35. The average Bonchev–Trinajstić information content (AvgIpc) is 2.20. The summed E-state index contributed by atoms with van der Waals surface area (Å²) in [7, 11) is -7.18. The summed E-state index contributed by atoms with van der Waals surface area (Å²) in [5.41, 5.74) is 4.36. The molecule has 0 spiro atoms. The molecule has 0 bridgehead atoms. The summed E-state index contributed by atoms with van der Waals surface area (Å²) in [6.45, 7) is 18.7. The Bertz CT molecular complexity index is 3750. The minimum Gasteiger partial charge on any atom is -0.460 e. The quantitative estimate of drug-likeness (QED) is 0.0583. The molecule has 484 valence electrons. The van der Waals surface area contributed by atoms with Crippen LogP contribution in [0.4, 0.5) is 22.0 Å². The molecule has 4 fully saturated rings. The van der Waals surface area contributed by atoms with Gasteiger partial charge in [-0.05, 0) is 169 Å². The van der Waals surface area contributed by atoms with Gasteiger partial charge in [-0.3, -0.25) is 23.8 Å². The number of fused-ring (bicyclic) bond motifs is 2. The first-order chi connectivity index (χ1) is 41.8. The van der Waals surface area contributed by atoms with E-state index in [-0.39, 0.29) is 64.5 Å². The van der Waals surface area contributed by atoms with Crippen LogP contribution in [0, 0.1) is 13.8 Å². The maximum atomic E-state index is 13.9. The van der Waals surface area contributed by atoms with Gasteiger partial charge in [-0.25, -0.2) is 40.6 Å². The Labute approximate surface area is 536 Å². The number of carbonyl (C=O) groups is 4. The highest BCUT2D eigenvalue weighted by molar-refractivity contribution is 7.92. The third-order valence-electron chi connectivity index (χ3n) is 15.2. The van der Waals surface area contributed by atoms with E-state index >= 15 is 0 Å². The van der Waals surface area contributed by atoms with Crippen LogP contribution in [-0.4, -0.2) is 148 Å². The van der Waals surface area contributed by atoms with Crippen LogP contribution in [0.25, 0.3) is 11.3 Å². The zero-order valence-corrected chi connectivity index (χ0v) is 56.1.